The predicted molar refractivity (Wildman–Crippen MR) is 19.2 cm³/mol. The SMILES string of the molecule is OB(O)S. The first kappa shape index (κ1) is 4.33. The van der Waals surface area contributed by atoms with Crippen LogP contribution in [0.4, 0.5) is 0 Å². The summed E-state index contributed by atoms with van der Waals surface area (Å²) in [5.41, 5.74) is 0. The monoisotopic (exact) mass is 78.0 g/mol. The van der Waals surface area contributed by atoms with Crippen LogP contribution in [0.2, 0.25) is 0 Å². The second-order valence-corrected chi connectivity index (χ2v) is 0.808. The van der Waals surface area contributed by atoms with Crippen molar-refractivity contribution in [3.05, 3.63) is 0 Å². The molecule has 2 nitrogen and oxygen atoms in total. The van der Waals surface area contributed by atoms with Gasteiger partial charge < -0.3 is 10.0 Å². The quantitative estimate of drug-likeness (QED) is 0.254. The lowest BCUT2D eigenvalue weighted by atomic mass is 10.4. The van der Waals surface area contributed by atoms with E-state index in [1.165, 1.54) is 0 Å². The molecule has 4 heteroatoms. The Morgan fingerprint density at radius 1 is 1.50 bits per heavy atom. The van der Waals surface area contributed by atoms with E-state index in [9.17, 15) is 0 Å². The van der Waals surface area contributed by atoms with E-state index in [0.717, 1.165) is 0 Å². The lowest BCUT2D eigenvalue weighted by Gasteiger charge is -1.69. The van der Waals surface area contributed by atoms with E-state index in [-0.39, 0.29) is 0 Å². The molecule has 0 unspecified atom stereocenters. The summed E-state index contributed by atoms with van der Waals surface area (Å²) in [7, 11) is 0. The van der Waals surface area contributed by atoms with E-state index in [0.29, 0.717) is 0 Å². The molecule has 0 amide bonds. The number of hydrogen-bond donors (Lipinski definition) is 3. The Labute approximate surface area is 29.9 Å². The zero-order valence-electron chi connectivity index (χ0n) is 1.92. The minimum absolute atomic E-state index is 1.47. The summed E-state index contributed by atoms with van der Waals surface area (Å²) in [5.74, 6) is 0. The fraction of sp³-hybridized carbons (Fsp3) is 0. The Bertz CT molecular complexity index is 10.8. The van der Waals surface area contributed by atoms with Gasteiger partial charge >= 0.3 is 6.40 Å². The van der Waals surface area contributed by atoms with E-state index < -0.39 is 6.40 Å². The summed E-state index contributed by atoms with van der Waals surface area (Å²) in [4.78, 5) is 0. The van der Waals surface area contributed by atoms with Crippen molar-refractivity contribution < 1.29 is 10.0 Å². The number of thiol groups is 1. The Balaban J connectivity index is 2.32. The van der Waals surface area contributed by atoms with Crippen molar-refractivity contribution in [3.8, 4) is 0 Å². The zero-order valence-corrected chi connectivity index (χ0v) is 2.81. The summed E-state index contributed by atoms with van der Waals surface area (Å²) >= 11 is 3.08. The molecule has 0 heterocycles. The minimum atomic E-state index is -1.47. The van der Waals surface area contributed by atoms with Crippen LogP contribution in [-0.4, -0.2) is 16.4 Å². The molecule has 0 aliphatic rings. The highest BCUT2D eigenvalue weighted by Crippen LogP contribution is 1.65. The van der Waals surface area contributed by atoms with Gasteiger partial charge in [0.05, 0.1) is 0 Å². The lowest BCUT2D eigenvalue weighted by molar-refractivity contribution is 0.438. The average Bonchev–Trinajstić information content (AvgIpc) is 0.811. The summed E-state index contributed by atoms with van der Waals surface area (Å²) in [6, 6.07) is 0. The van der Waals surface area contributed by atoms with Gasteiger partial charge in [0.15, 0.2) is 0 Å². The van der Waals surface area contributed by atoms with Gasteiger partial charge in [0.1, 0.15) is 0 Å². The van der Waals surface area contributed by atoms with Gasteiger partial charge in [0, 0.05) is 0 Å². The maximum Gasteiger partial charge on any atom is 0.522 e. The molecule has 0 bridgehead atoms. The predicted octanol–water partition coefficient (Wildman–Crippen LogP) is -1.11. The van der Waals surface area contributed by atoms with Crippen LogP contribution >= 0.6 is 12.5 Å². The molecule has 2 N–H and O–H groups in total. The van der Waals surface area contributed by atoms with Gasteiger partial charge in [-0.3, -0.25) is 0 Å². The minimum Gasteiger partial charge on any atom is -0.418 e. The molecule has 24 valence electrons. The topological polar surface area (TPSA) is 40.5 Å². The fourth-order valence-corrected chi connectivity index (χ4v) is 0. The largest absolute Gasteiger partial charge is 0.522 e. The molecule has 0 fully saturated rings. The second-order valence-electron chi connectivity index (χ2n) is 0.346. The Morgan fingerprint density at radius 2 is 1.50 bits per heavy atom. The summed E-state index contributed by atoms with van der Waals surface area (Å²) in [6.45, 7) is 0. The first-order chi connectivity index (χ1) is 1.73. The molecular formula is H3BO2S. The average molecular weight is 77.9 g/mol. The zero-order chi connectivity index (χ0) is 3.58. The highest BCUT2D eigenvalue weighted by molar-refractivity contribution is 8.08. The molecule has 0 spiro atoms. The standard InChI is InChI=1S/BH3O2S/c2-1(3)4/h2-4H. The third-order valence-electron chi connectivity index (χ3n) is 0. The number of hydrogen-bond acceptors (Lipinski definition) is 3. The molecule has 0 aromatic carbocycles. The van der Waals surface area contributed by atoms with E-state index in [1.54, 1.807) is 0 Å². The first-order valence-corrected chi connectivity index (χ1v) is 1.29. The van der Waals surface area contributed by atoms with Crippen LogP contribution in [0.25, 0.3) is 0 Å². The van der Waals surface area contributed by atoms with Gasteiger partial charge in [-0.25, -0.2) is 0 Å². The highest BCUT2D eigenvalue weighted by Gasteiger charge is 1.88. The molecule has 0 aromatic rings. The molecule has 0 atom stereocenters. The van der Waals surface area contributed by atoms with Gasteiger partial charge in [-0.05, 0) is 0 Å². The molecule has 0 aromatic heterocycles. The van der Waals surface area contributed by atoms with Gasteiger partial charge in [-0.2, -0.15) is 12.5 Å². The normalized spacial score (nSPS) is 6.75. The molecule has 4 heavy (non-hydrogen) atoms. The maximum atomic E-state index is 7.48. The van der Waals surface area contributed by atoms with E-state index in [4.69, 9.17) is 10.0 Å². The van der Waals surface area contributed by atoms with Crippen LogP contribution in [0.15, 0.2) is 0 Å². The molecule has 0 saturated carbocycles. The van der Waals surface area contributed by atoms with Crippen molar-refractivity contribution in [1.82, 2.24) is 0 Å². The lowest BCUT2D eigenvalue weighted by Crippen LogP contribution is -1.96. The molecule has 0 rings (SSSR count). The van der Waals surface area contributed by atoms with Crippen LogP contribution in [0.5, 0.6) is 0 Å². The summed E-state index contributed by atoms with van der Waals surface area (Å²) in [6.07, 6.45) is -1.47. The third kappa shape index (κ3) is 37.1. The van der Waals surface area contributed by atoms with Crippen molar-refractivity contribution >= 4 is 18.9 Å². The number of rotatable bonds is 0. The van der Waals surface area contributed by atoms with E-state index in [1.807, 2.05) is 0 Å². The molecule has 0 saturated heterocycles. The Hall–Kier alpha value is 0.335. The summed E-state index contributed by atoms with van der Waals surface area (Å²) in [5, 5.41) is 15.0. The van der Waals surface area contributed by atoms with Gasteiger partial charge in [-0.1, -0.05) is 0 Å². The van der Waals surface area contributed by atoms with Crippen LogP contribution in [0.1, 0.15) is 0 Å². The molecule has 0 aliphatic carbocycles. The van der Waals surface area contributed by atoms with E-state index in [2.05, 4.69) is 12.5 Å². The van der Waals surface area contributed by atoms with Crippen molar-refractivity contribution in [3.63, 3.8) is 0 Å². The van der Waals surface area contributed by atoms with E-state index >= 15 is 0 Å². The smallest absolute Gasteiger partial charge is 0.418 e. The second kappa shape index (κ2) is 1.63. The maximum absolute atomic E-state index is 7.48. The van der Waals surface area contributed by atoms with Crippen LogP contribution < -0.4 is 0 Å². The van der Waals surface area contributed by atoms with Gasteiger partial charge in [0.2, 0.25) is 0 Å². The highest BCUT2D eigenvalue weighted by atomic mass is 32.1. The van der Waals surface area contributed by atoms with Crippen molar-refractivity contribution in [2.24, 2.45) is 0 Å². The summed E-state index contributed by atoms with van der Waals surface area (Å²) < 4.78 is 0. The first-order valence-electron chi connectivity index (χ1n) is 0.775. The van der Waals surface area contributed by atoms with Crippen LogP contribution in [0.3, 0.4) is 0 Å². The van der Waals surface area contributed by atoms with Crippen LogP contribution in [-0.2, 0) is 0 Å². The van der Waals surface area contributed by atoms with Crippen LogP contribution in [0, 0.1) is 0 Å². The third-order valence-corrected chi connectivity index (χ3v) is 0. The van der Waals surface area contributed by atoms with Crippen molar-refractivity contribution in [2.75, 3.05) is 0 Å². The van der Waals surface area contributed by atoms with Crippen molar-refractivity contribution in [1.29, 1.82) is 0 Å². The molecule has 0 radical (unpaired) electrons. The molecular weight excluding hydrogens is 74.9 g/mol. The Morgan fingerprint density at radius 3 is 1.50 bits per heavy atom. The van der Waals surface area contributed by atoms with Crippen molar-refractivity contribution in [2.45, 2.75) is 0 Å². The van der Waals surface area contributed by atoms with Gasteiger partial charge in [0.25, 0.3) is 0 Å². The van der Waals surface area contributed by atoms with Gasteiger partial charge in [-0.15, -0.1) is 0 Å². The Kier molecular flexibility index (Phi) is 1.77. The molecule has 0 aliphatic heterocycles. The fourth-order valence-electron chi connectivity index (χ4n) is 0.